The van der Waals surface area contributed by atoms with Gasteiger partial charge >= 0.3 is 0 Å². The van der Waals surface area contributed by atoms with Gasteiger partial charge in [0.1, 0.15) is 5.75 Å². The van der Waals surface area contributed by atoms with Crippen molar-refractivity contribution in [2.75, 3.05) is 6.61 Å². The first-order valence-electron chi connectivity index (χ1n) is 8.48. The topological polar surface area (TPSA) is 38.3 Å². The SMILES string of the molecule is CCOc1ccc([C@@H](C)NC(=O)[C@@H](CC)Sc2ccc(Cl)cc2)cc1. The van der Waals surface area contributed by atoms with E-state index in [-0.39, 0.29) is 17.2 Å². The first-order valence-corrected chi connectivity index (χ1v) is 9.74. The van der Waals surface area contributed by atoms with Gasteiger partial charge in [0.25, 0.3) is 0 Å². The highest BCUT2D eigenvalue weighted by Crippen LogP contribution is 2.27. The molecular formula is C20H24ClNO2S. The lowest BCUT2D eigenvalue weighted by Gasteiger charge is -2.19. The molecule has 0 saturated heterocycles. The summed E-state index contributed by atoms with van der Waals surface area (Å²) in [6.07, 6.45) is 0.759. The average Bonchev–Trinajstić information content (AvgIpc) is 2.62. The summed E-state index contributed by atoms with van der Waals surface area (Å²) in [5.74, 6) is 0.887. The second-order valence-electron chi connectivity index (χ2n) is 5.70. The summed E-state index contributed by atoms with van der Waals surface area (Å²) in [7, 11) is 0. The zero-order chi connectivity index (χ0) is 18.2. The zero-order valence-electron chi connectivity index (χ0n) is 14.8. The fourth-order valence-corrected chi connectivity index (χ4v) is 3.50. The van der Waals surface area contributed by atoms with Gasteiger partial charge in [-0.25, -0.2) is 0 Å². The molecule has 0 unspecified atom stereocenters. The van der Waals surface area contributed by atoms with Crippen LogP contribution >= 0.6 is 23.4 Å². The molecule has 2 aromatic rings. The number of rotatable bonds is 8. The lowest BCUT2D eigenvalue weighted by atomic mass is 10.1. The molecule has 0 fully saturated rings. The Morgan fingerprint density at radius 1 is 1.12 bits per heavy atom. The van der Waals surface area contributed by atoms with Crippen molar-refractivity contribution in [3.63, 3.8) is 0 Å². The molecule has 0 saturated carbocycles. The van der Waals surface area contributed by atoms with Crippen molar-refractivity contribution in [1.29, 1.82) is 0 Å². The number of carbonyl (C=O) groups excluding carboxylic acids is 1. The maximum Gasteiger partial charge on any atom is 0.233 e. The molecule has 2 rings (SSSR count). The van der Waals surface area contributed by atoms with Gasteiger partial charge in [-0.05, 0) is 62.2 Å². The van der Waals surface area contributed by atoms with E-state index in [1.54, 1.807) is 11.8 Å². The van der Waals surface area contributed by atoms with Crippen molar-refractivity contribution >= 4 is 29.3 Å². The molecule has 5 heteroatoms. The van der Waals surface area contributed by atoms with Gasteiger partial charge in [-0.3, -0.25) is 4.79 Å². The predicted octanol–water partition coefficient (Wildman–Crippen LogP) is 5.49. The van der Waals surface area contributed by atoms with E-state index in [1.165, 1.54) is 0 Å². The molecule has 0 aliphatic carbocycles. The van der Waals surface area contributed by atoms with Gasteiger partial charge in [-0.15, -0.1) is 11.8 Å². The number of benzene rings is 2. The number of hydrogen-bond acceptors (Lipinski definition) is 3. The molecule has 0 bridgehead atoms. The van der Waals surface area contributed by atoms with Crippen LogP contribution in [0.15, 0.2) is 53.4 Å². The van der Waals surface area contributed by atoms with Gasteiger partial charge in [0.2, 0.25) is 5.91 Å². The Morgan fingerprint density at radius 2 is 1.76 bits per heavy atom. The second-order valence-corrected chi connectivity index (χ2v) is 7.41. The zero-order valence-corrected chi connectivity index (χ0v) is 16.4. The molecule has 1 N–H and O–H groups in total. The van der Waals surface area contributed by atoms with E-state index in [0.717, 1.165) is 22.6 Å². The third-order valence-electron chi connectivity index (χ3n) is 3.81. The number of amides is 1. The summed E-state index contributed by atoms with van der Waals surface area (Å²) in [5.41, 5.74) is 1.06. The molecule has 3 nitrogen and oxygen atoms in total. The Hall–Kier alpha value is -1.65. The molecule has 0 aliphatic rings. The lowest BCUT2D eigenvalue weighted by molar-refractivity contribution is -0.121. The highest BCUT2D eigenvalue weighted by atomic mass is 35.5. The Labute approximate surface area is 159 Å². The van der Waals surface area contributed by atoms with Crippen LogP contribution in [0.4, 0.5) is 0 Å². The van der Waals surface area contributed by atoms with Crippen LogP contribution in [0.2, 0.25) is 5.02 Å². The van der Waals surface area contributed by atoms with Crippen molar-refractivity contribution in [2.24, 2.45) is 0 Å². The van der Waals surface area contributed by atoms with Crippen molar-refractivity contribution < 1.29 is 9.53 Å². The Morgan fingerprint density at radius 3 is 2.32 bits per heavy atom. The summed E-state index contributed by atoms with van der Waals surface area (Å²) >= 11 is 7.48. The monoisotopic (exact) mass is 377 g/mol. The van der Waals surface area contributed by atoms with E-state index in [0.29, 0.717) is 11.6 Å². The highest BCUT2D eigenvalue weighted by Gasteiger charge is 2.20. The summed E-state index contributed by atoms with van der Waals surface area (Å²) in [4.78, 5) is 13.7. The summed E-state index contributed by atoms with van der Waals surface area (Å²) in [5, 5.41) is 3.67. The Bertz CT molecular complexity index is 673. The summed E-state index contributed by atoms with van der Waals surface area (Å²) < 4.78 is 5.45. The van der Waals surface area contributed by atoms with Crippen LogP contribution in [-0.2, 0) is 4.79 Å². The van der Waals surface area contributed by atoms with Gasteiger partial charge in [0.05, 0.1) is 17.9 Å². The maximum absolute atomic E-state index is 12.6. The van der Waals surface area contributed by atoms with E-state index >= 15 is 0 Å². The van der Waals surface area contributed by atoms with Crippen LogP contribution in [0, 0.1) is 0 Å². The number of halogens is 1. The molecule has 1 amide bonds. The highest BCUT2D eigenvalue weighted by molar-refractivity contribution is 8.00. The quantitative estimate of drug-likeness (QED) is 0.618. The van der Waals surface area contributed by atoms with Crippen LogP contribution < -0.4 is 10.1 Å². The van der Waals surface area contributed by atoms with Crippen molar-refractivity contribution in [3.05, 3.63) is 59.1 Å². The van der Waals surface area contributed by atoms with E-state index < -0.39 is 0 Å². The predicted molar refractivity (Wildman–Crippen MR) is 106 cm³/mol. The number of ether oxygens (including phenoxy) is 1. The standard InChI is InChI=1S/C20H24ClNO2S/c1-4-19(25-18-12-8-16(21)9-13-18)20(23)22-14(3)15-6-10-17(11-7-15)24-5-2/h6-14,19H,4-5H2,1-3H3,(H,22,23)/t14-,19-/m1/s1. The van der Waals surface area contributed by atoms with Crippen molar-refractivity contribution in [3.8, 4) is 5.75 Å². The molecular weight excluding hydrogens is 354 g/mol. The Kier molecular flexibility index (Phi) is 7.66. The number of nitrogens with one attached hydrogen (secondary N) is 1. The second kappa shape index (κ2) is 9.73. The van der Waals surface area contributed by atoms with Crippen LogP contribution in [0.25, 0.3) is 0 Å². The summed E-state index contributed by atoms with van der Waals surface area (Å²) in [6.45, 7) is 6.62. The van der Waals surface area contributed by atoms with Gasteiger partial charge < -0.3 is 10.1 Å². The van der Waals surface area contributed by atoms with E-state index in [4.69, 9.17) is 16.3 Å². The van der Waals surface area contributed by atoms with Crippen LogP contribution in [0.3, 0.4) is 0 Å². The van der Waals surface area contributed by atoms with Crippen LogP contribution in [0.5, 0.6) is 5.75 Å². The lowest BCUT2D eigenvalue weighted by Crippen LogP contribution is -2.34. The normalized spacial score (nSPS) is 13.1. The largest absolute Gasteiger partial charge is 0.494 e. The van der Waals surface area contributed by atoms with Crippen molar-refractivity contribution in [1.82, 2.24) is 5.32 Å². The third kappa shape index (κ3) is 5.98. The molecule has 25 heavy (non-hydrogen) atoms. The number of hydrogen-bond donors (Lipinski definition) is 1. The maximum atomic E-state index is 12.6. The van der Waals surface area contributed by atoms with E-state index in [2.05, 4.69) is 5.32 Å². The average molecular weight is 378 g/mol. The van der Waals surface area contributed by atoms with Gasteiger partial charge in [0, 0.05) is 9.92 Å². The molecule has 0 radical (unpaired) electrons. The van der Waals surface area contributed by atoms with Gasteiger partial charge in [0.15, 0.2) is 0 Å². The first kappa shape index (κ1) is 19.7. The summed E-state index contributed by atoms with van der Waals surface area (Å²) in [6, 6.07) is 15.4. The number of carbonyl (C=O) groups is 1. The van der Waals surface area contributed by atoms with E-state index in [1.807, 2.05) is 69.3 Å². The number of thioether (sulfide) groups is 1. The molecule has 0 aromatic heterocycles. The van der Waals surface area contributed by atoms with Gasteiger partial charge in [-0.1, -0.05) is 30.7 Å². The van der Waals surface area contributed by atoms with Crippen LogP contribution in [0.1, 0.15) is 38.8 Å². The molecule has 0 aliphatic heterocycles. The first-order chi connectivity index (χ1) is 12.0. The Balaban J connectivity index is 1.96. The van der Waals surface area contributed by atoms with E-state index in [9.17, 15) is 4.79 Å². The molecule has 2 aromatic carbocycles. The minimum atomic E-state index is -0.133. The van der Waals surface area contributed by atoms with Gasteiger partial charge in [-0.2, -0.15) is 0 Å². The van der Waals surface area contributed by atoms with Crippen molar-refractivity contribution in [2.45, 2.75) is 43.4 Å². The minimum Gasteiger partial charge on any atom is -0.494 e. The molecule has 134 valence electrons. The van der Waals surface area contributed by atoms with Crippen LogP contribution in [-0.4, -0.2) is 17.8 Å². The molecule has 0 spiro atoms. The minimum absolute atomic E-state index is 0.0452. The fourth-order valence-electron chi connectivity index (χ4n) is 2.41. The molecule has 0 heterocycles. The fraction of sp³-hybridized carbons (Fsp3) is 0.350. The molecule has 2 atom stereocenters. The third-order valence-corrected chi connectivity index (χ3v) is 5.43. The smallest absolute Gasteiger partial charge is 0.233 e.